The second-order valence-corrected chi connectivity index (χ2v) is 3.12. The molecule has 0 spiro atoms. The second-order valence-electron chi connectivity index (χ2n) is 3.12. The molecule has 15 heavy (non-hydrogen) atoms. The van der Waals surface area contributed by atoms with Gasteiger partial charge in [0.2, 0.25) is 0 Å². The third-order valence-corrected chi connectivity index (χ3v) is 0.684. The average molecular weight is 230 g/mol. The van der Waals surface area contributed by atoms with Gasteiger partial charge < -0.3 is 26.0 Å². The highest BCUT2D eigenvalue weighted by Gasteiger charge is 2.14. The number of alkyl carbamates (subject to hydrolysis) is 1. The first-order valence-corrected chi connectivity index (χ1v) is 3.85. The molecule has 1 amide bonds. The lowest BCUT2D eigenvalue weighted by Gasteiger charge is -2.19. The van der Waals surface area contributed by atoms with Crippen molar-refractivity contribution in [2.45, 2.75) is 26.4 Å². The highest BCUT2D eigenvalue weighted by molar-refractivity contribution is 5.67. The van der Waals surface area contributed by atoms with Gasteiger partial charge in [-0.25, -0.2) is 4.79 Å². The number of amides is 1. The number of rotatable bonds is 3. The standard InChI is InChI=1S/C7H15NO3.C2H7NO/c1-7(2,3)11-6(10)8-4-5-9;3-1-2-4/h9H,4-5H2,1-3H3,(H,8,10);4H,1-3H2/i4D2,5D2;1D2,2D2. The molecule has 0 aliphatic carbocycles. The molecule has 0 aliphatic rings. The Labute approximate surface area is 102 Å². The van der Waals surface area contributed by atoms with Crippen LogP contribution in [0.3, 0.4) is 0 Å². The summed E-state index contributed by atoms with van der Waals surface area (Å²) in [7, 11) is 0. The van der Waals surface area contributed by atoms with E-state index in [1.165, 1.54) is 0 Å². The van der Waals surface area contributed by atoms with E-state index in [9.17, 15) is 4.79 Å². The summed E-state index contributed by atoms with van der Waals surface area (Å²) in [4.78, 5) is 11.1. The second kappa shape index (κ2) is 9.70. The van der Waals surface area contributed by atoms with Gasteiger partial charge in [-0.1, -0.05) is 0 Å². The first-order chi connectivity index (χ1) is 9.60. The van der Waals surface area contributed by atoms with E-state index in [1.807, 2.05) is 0 Å². The monoisotopic (exact) mass is 230 g/mol. The summed E-state index contributed by atoms with van der Waals surface area (Å²) in [6.07, 6.45) is -1.13. The van der Waals surface area contributed by atoms with E-state index in [0.29, 0.717) is 0 Å². The van der Waals surface area contributed by atoms with Gasteiger partial charge in [0.1, 0.15) is 5.60 Å². The normalized spacial score (nSPS) is 21.7. The van der Waals surface area contributed by atoms with Crippen LogP contribution in [0.15, 0.2) is 0 Å². The Morgan fingerprint density at radius 3 is 2.20 bits per heavy atom. The summed E-state index contributed by atoms with van der Waals surface area (Å²) < 4.78 is 57.7. The van der Waals surface area contributed by atoms with Crippen molar-refractivity contribution in [3.05, 3.63) is 0 Å². The largest absolute Gasteiger partial charge is 0.444 e. The van der Waals surface area contributed by atoms with Gasteiger partial charge in [0.05, 0.1) is 21.3 Å². The zero-order valence-electron chi connectivity index (χ0n) is 16.8. The summed E-state index contributed by atoms with van der Waals surface area (Å²) in [5.74, 6) is 0. The molecule has 0 aliphatic heterocycles. The maximum absolute atomic E-state index is 11.1. The molecule has 0 aromatic rings. The lowest BCUT2D eigenvalue weighted by Crippen LogP contribution is -2.33. The molecule has 0 rings (SSSR count). The van der Waals surface area contributed by atoms with Crippen LogP contribution in [0.4, 0.5) is 4.79 Å². The molecule has 92 valence electrons. The van der Waals surface area contributed by atoms with Crippen molar-refractivity contribution in [3.8, 4) is 0 Å². The molecular formula is C9H22N2O4. The summed E-state index contributed by atoms with van der Waals surface area (Å²) >= 11 is 0. The number of aliphatic hydroxyl groups is 2. The van der Waals surface area contributed by atoms with Crippen molar-refractivity contribution in [1.82, 2.24) is 5.32 Å². The van der Waals surface area contributed by atoms with Gasteiger partial charge in [-0.3, -0.25) is 0 Å². The molecule has 6 heteroatoms. The molecule has 0 unspecified atom stereocenters. The predicted molar refractivity (Wildman–Crippen MR) is 57.5 cm³/mol. The number of carbonyl (C=O) groups is 1. The first kappa shape index (κ1) is 6.03. The van der Waals surface area contributed by atoms with Crippen LogP contribution in [-0.2, 0) is 4.74 Å². The molecule has 0 fully saturated rings. The number of nitrogens with one attached hydrogen (secondary N) is 1. The van der Waals surface area contributed by atoms with Crippen LogP contribution in [0.1, 0.15) is 31.7 Å². The molecule has 0 saturated heterocycles. The maximum Gasteiger partial charge on any atom is 0.407 e. The third kappa shape index (κ3) is 19.5. The van der Waals surface area contributed by atoms with Crippen LogP contribution in [-0.4, -0.2) is 48.0 Å². The lowest BCUT2D eigenvalue weighted by molar-refractivity contribution is 0.0518. The summed E-state index contributed by atoms with van der Waals surface area (Å²) in [5.41, 5.74) is 3.70. The summed E-state index contributed by atoms with van der Waals surface area (Å²) in [6.45, 7) is -6.97. The molecule has 0 bridgehead atoms. The average Bonchev–Trinajstić information content (AvgIpc) is 2.07. The minimum absolute atomic E-state index is 0.817. The Morgan fingerprint density at radius 2 is 1.93 bits per heavy atom. The maximum atomic E-state index is 11.1. The fourth-order valence-corrected chi connectivity index (χ4v) is 0.383. The van der Waals surface area contributed by atoms with Crippen LogP contribution >= 0.6 is 0 Å². The van der Waals surface area contributed by atoms with Gasteiger partial charge in [-0.15, -0.1) is 0 Å². The number of hydrogen-bond acceptors (Lipinski definition) is 5. The zero-order valence-corrected chi connectivity index (χ0v) is 8.79. The van der Waals surface area contributed by atoms with E-state index in [4.69, 9.17) is 25.9 Å². The van der Waals surface area contributed by atoms with E-state index in [0.717, 1.165) is 0 Å². The fourth-order valence-electron chi connectivity index (χ4n) is 0.383. The SMILES string of the molecule is [2H]C([2H])(N)C([2H])([2H])O.[2H]C([2H])(O)C([2H])([2H])NC(=O)OC(C)(C)C. The Morgan fingerprint density at radius 1 is 1.47 bits per heavy atom. The predicted octanol–water partition coefficient (Wildman–Crippen LogP) is -0.559. The molecule has 0 aromatic heterocycles. The fraction of sp³-hybridized carbons (Fsp3) is 0.889. The zero-order chi connectivity index (χ0) is 19.5. The van der Waals surface area contributed by atoms with Crippen LogP contribution in [0.5, 0.6) is 0 Å². The van der Waals surface area contributed by atoms with Gasteiger partial charge in [-0.05, 0) is 20.8 Å². The van der Waals surface area contributed by atoms with E-state index in [2.05, 4.69) is 5.73 Å². The third-order valence-electron chi connectivity index (χ3n) is 0.684. The summed E-state index contributed by atoms with van der Waals surface area (Å²) in [5, 5.41) is 18.6. The smallest absolute Gasteiger partial charge is 0.407 e. The van der Waals surface area contributed by atoms with Crippen molar-refractivity contribution >= 4 is 6.09 Å². The van der Waals surface area contributed by atoms with Gasteiger partial charge in [0.15, 0.2) is 0 Å². The van der Waals surface area contributed by atoms with E-state index < -0.39 is 37.8 Å². The van der Waals surface area contributed by atoms with Gasteiger partial charge in [0, 0.05) is 15.7 Å². The van der Waals surface area contributed by atoms with Crippen molar-refractivity contribution in [3.63, 3.8) is 0 Å². The van der Waals surface area contributed by atoms with Crippen molar-refractivity contribution in [2.75, 3.05) is 26.1 Å². The highest BCUT2D eigenvalue weighted by Crippen LogP contribution is 2.05. The van der Waals surface area contributed by atoms with E-state index >= 15 is 0 Å². The highest BCUT2D eigenvalue weighted by atomic mass is 16.6. The molecule has 0 atom stereocenters. The van der Waals surface area contributed by atoms with Crippen LogP contribution in [0.2, 0.25) is 0 Å². The molecule has 5 N–H and O–H groups in total. The quantitative estimate of drug-likeness (QED) is 0.520. The van der Waals surface area contributed by atoms with Gasteiger partial charge in [0.25, 0.3) is 0 Å². The van der Waals surface area contributed by atoms with Crippen molar-refractivity contribution in [2.24, 2.45) is 5.73 Å². The molecular weight excluding hydrogens is 200 g/mol. The molecule has 0 radical (unpaired) electrons. The molecule has 0 saturated carbocycles. The Bertz CT molecular complexity index is 382. The van der Waals surface area contributed by atoms with E-state index in [1.54, 1.807) is 26.1 Å². The lowest BCUT2D eigenvalue weighted by atomic mass is 10.2. The first-order valence-electron chi connectivity index (χ1n) is 7.85. The Hall–Kier alpha value is -0.850. The Balaban J connectivity index is 0. The molecule has 6 nitrogen and oxygen atoms in total. The minimum atomic E-state index is -3.18. The number of nitrogens with two attached hydrogens (primary N) is 1. The van der Waals surface area contributed by atoms with Gasteiger partial charge in [-0.2, -0.15) is 0 Å². The van der Waals surface area contributed by atoms with Crippen molar-refractivity contribution in [1.29, 1.82) is 0 Å². The van der Waals surface area contributed by atoms with Gasteiger partial charge >= 0.3 is 6.09 Å². The number of hydrogen-bond donors (Lipinski definition) is 4. The number of ether oxygens (including phenoxy) is 1. The summed E-state index contributed by atoms with van der Waals surface area (Å²) in [6, 6.07) is 0. The van der Waals surface area contributed by atoms with Crippen LogP contribution < -0.4 is 11.1 Å². The van der Waals surface area contributed by atoms with Crippen molar-refractivity contribution < 1.29 is 30.7 Å². The van der Waals surface area contributed by atoms with E-state index in [-0.39, 0.29) is 0 Å². The Kier molecular flexibility index (Phi) is 3.90. The minimum Gasteiger partial charge on any atom is -0.444 e. The van der Waals surface area contributed by atoms with Crippen LogP contribution in [0, 0.1) is 0 Å². The number of carbonyl (C=O) groups excluding carboxylic acids is 1. The van der Waals surface area contributed by atoms with Crippen LogP contribution in [0.25, 0.3) is 0 Å². The topological polar surface area (TPSA) is 105 Å². The molecule has 0 heterocycles. The molecule has 0 aromatic carbocycles.